The van der Waals surface area contributed by atoms with Crippen molar-refractivity contribution >= 4 is 38.3 Å². The van der Waals surface area contributed by atoms with Crippen LogP contribution >= 0.6 is 27.3 Å². The average Bonchev–Trinajstić information content (AvgIpc) is 2.86. The number of ether oxygens (including phenoxy) is 1. The summed E-state index contributed by atoms with van der Waals surface area (Å²) < 4.78 is 6.59. The van der Waals surface area contributed by atoms with Gasteiger partial charge in [0.15, 0.2) is 5.13 Å². The third-order valence-electron chi connectivity index (χ3n) is 2.84. The molecular weight excluding hydrogens is 354 g/mol. The van der Waals surface area contributed by atoms with Gasteiger partial charge in [-0.05, 0) is 24.3 Å². The number of hydrogen-bond donors (Lipinski definition) is 1. The van der Waals surface area contributed by atoms with Gasteiger partial charge < -0.3 is 15.4 Å². The summed E-state index contributed by atoms with van der Waals surface area (Å²) in [5.74, 6) is 0.783. The second-order valence-electron chi connectivity index (χ2n) is 4.47. The molecule has 0 fully saturated rings. The Labute approximate surface area is 135 Å². The Kier molecular flexibility index (Phi) is 5.58. The fourth-order valence-electron chi connectivity index (χ4n) is 1.65. The van der Waals surface area contributed by atoms with E-state index < -0.39 is 0 Å². The van der Waals surface area contributed by atoms with Crippen LogP contribution in [0.25, 0.3) is 0 Å². The molecule has 0 spiro atoms. The fraction of sp³-hybridized carbons (Fsp3) is 0.286. The second-order valence-corrected chi connectivity index (χ2v) is 6.28. The number of nitrogen functional groups attached to an aromatic ring is 1. The Balaban J connectivity index is 1.74. The van der Waals surface area contributed by atoms with E-state index in [2.05, 4.69) is 20.9 Å². The van der Waals surface area contributed by atoms with Crippen LogP contribution in [0.3, 0.4) is 0 Å². The molecule has 112 valence electrons. The average molecular weight is 370 g/mol. The van der Waals surface area contributed by atoms with E-state index in [4.69, 9.17) is 10.5 Å². The van der Waals surface area contributed by atoms with Crippen LogP contribution in [0, 0.1) is 0 Å². The largest absolute Gasteiger partial charge is 0.492 e. The Bertz CT molecular complexity index is 601. The lowest BCUT2D eigenvalue weighted by atomic mass is 10.3. The lowest BCUT2D eigenvalue weighted by molar-refractivity contribution is -0.129. The summed E-state index contributed by atoms with van der Waals surface area (Å²) in [5, 5.41) is 2.29. The normalized spacial score (nSPS) is 10.4. The minimum Gasteiger partial charge on any atom is -0.492 e. The molecule has 2 N–H and O–H groups in total. The van der Waals surface area contributed by atoms with Gasteiger partial charge >= 0.3 is 0 Å². The zero-order chi connectivity index (χ0) is 15.2. The number of rotatable bonds is 6. The summed E-state index contributed by atoms with van der Waals surface area (Å²) in [6.45, 7) is 0.970. The highest BCUT2D eigenvalue weighted by molar-refractivity contribution is 9.10. The van der Waals surface area contributed by atoms with Gasteiger partial charge in [0, 0.05) is 16.9 Å². The lowest BCUT2D eigenvalue weighted by Crippen LogP contribution is -2.32. The molecule has 0 unspecified atom stereocenters. The number of likely N-dealkylation sites (N-methyl/N-ethyl adjacent to an activating group) is 1. The van der Waals surface area contributed by atoms with Crippen molar-refractivity contribution in [3.8, 4) is 5.75 Å². The highest BCUT2D eigenvalue weighted by Crippen LogP contribution is 2.16. The number of anilines is 1. The number of benzene rings is 1. The van der Waals surface area contributed by atoms with E-state index in [1.807, 2.05) is 24.3 Å². The molecule has 0 aliphatic heterocycles. The predicted octanol–water partition coefficient (Wildman–Crippen LogP) is 2.57. The van der Waals surface area contributed by atoms with Gasteiger partial charge in [0.05, 0.1) is 18.7 Å². The minimum absolute atomic E-state index is 0.000272. The molecule has 0 radical (unpaired) electrons. The number of nitrogens with two attached hydrogens (primary N) is 1. The van der Waals surface area contributed by atoms with Crippen molar-refractivity contribution in [2.45, 2.75) is 6.42 Å². The number of carbonyl (C=O) groups is 1. The maximum atomic E-state index is 12.0. The highest BCUT2D eigenvalue weighted by Gasteiger charge is 2.11. The molecule has 0 saturated heterocycles. The number of carbonyl (C=O) groups excluding carboxylic acids is 1. The predicted molar refractivity (Wildman–Crippen MR) is 87.5 cm³/mol. The smallest absolute Gasteiger partial charge is 0.228 e. The van der Waals surface area contributed by atoms with Crippen LogP contribution in [0.4, 0.5) is 5.13 Å². The van der Waals surface area contributed by atoms with Crippen LogP contribution in [-0.2, 0) is 11.2 Å². The number of nitrogens with zero attached hydrogens (tertiary/aromatic N) is 2. The van der Waals surface area contributed by atoms with Gasteiger partial charge in [0.25, 0.3) is 0 Å². The maximum absolute atomic E-state index is 12.0. The number of thiazole rings is 1. The van der Waals surface area contributed by atoms with Crippen LogP contribution < -0.4 is 10.5 Å². The second kappa shape index (κ2) is 7.42. The van der Waals surface area contributed by atoms with Crippen molar-refractivity contribution in [3.63, 3.8) is 0 Å². The maximum Gasteiger partial charge on any atom is 0.228 e. The zero-order valence-electron chi connectivity index (χ0n) is 11.6. The van der Waals surface area contributed by atoms with Crippen LogP contribution in [0.15, 0.2) is 34.1 Å². The van der Waals surface area contributed by atoms with Crippen molar-refractivity contribution in [1.29, 1.82) is 0 Å². The molecule has 21 heavy (non-hydrogen) atoms. The first-order valence-electron chi connectivity index (χ1n) is 6.37. The molecule has 1 heterocycles. The Morgan fingerprint density at radius 1 is 1.43 bits per heavy atom. The fourth-order valence-corrected chi connectivity index (χ4v) is 2.48. The standard InChI is InChI=1S/C14H16BrN3O2S/c1-18(13(19)8-11-9-21-14(16)17-11)6-7-20-12-4-2-10(15)3-5-12/h2-5,9H,6-8H2,1H3,(H2,16,17). The van der Waals surface area contributed by atoms with Crippen molar-refractivity contribution < 1.29 is 9.53 Å². The van der Waals surface area contributed by atoms with Crippen LogP contribution in [-0.4, -0.2) is 36.0 Å². The van der Waals surface area contributed by atoms with Crippen molar-refractivity contribution in [2.75, 3.05) is 25.9 Å². The van der Waals surface area contributed by atoms with E-state index in [-0.39, 0.29) is 12.3 Å². The van der Waals surface area contributed by atoms with Gasteiger partial charge in [-0.3, -0.25) is 4.79 Å². The summed E-state index contributed by atoms with van der Waals surface area (Å²) in [6.07, 6.45) is 0.266. The summed E-state index contributed by atoms with van der Waals surface area (Å²) in [7, 11) is 1.75. The van der Waals surface area contributed by atoms with Gasteiger partial charge in [0.2, 0.25) is 5.91 Å². The first kappa shape index (κ1) is 15.8. The van der Waals surface area contributed by atoms with Gasteiger partial charge in [0.1, 0.15) is 12.4 Å². The Hall–Kier alpha value is -1.60. The van der Waals surface area contributed by atoms with Crippen LogP contribution in [0.1, 0.15) is 5.69 Å². The zero-order valence-corrected chi connectivity index (χ0v) is 14.0. The third kappa shape index (κ3) is 5.02. The SMILES string of the molecule is CN(CCOc1ccc(Br)cc1)C(=O)Cc1csc(N)n1. The monoisotopic (exact) mass is 369 g/mol. The highest BCUT2D eigenvalue weighted by atomic mass is 79.9. The molecule has 2 aromatic rings. The Morgan fingerprint density at radius 2 is 2.14 bits per heavy atom. The molecular formula is C14H16BrN3O2S. The molecule has 2 rings (SSSR count). The molecule has 1 aromatic heterocycles. The molecule has 0 saturated carbocycles. The van der Waals surface area contributed by atoms with E-state index in [0.717, 1.165) is 10.2 Å². The van der Waals surface area contributed by atoms with Crippen molar-refractivity contribution in [1.82, 2.24) is 9.88 Å². The summed E-state index contributed by atoms with van der Waals surface area (Å²) in [6, 6.07) is 7.58. The number of aromatic nitrogens is 1. The van der Waals surface area contributed by atoms with E-state index in [1.165, 1.54) is 11.3 Å². The first-order valence-corrected chi connectivity index (χ1v) is 8.04. The van der Waals surface area contributed by atoms with E-state index >= 15 is 0 Å². The van der Waals surface area contributed by atoms with Gasteiger partial charge in [-0.2, -0.15) is 0 Å². The number of amides is 1. The summed E-state index contributed by atoms with van der Waals surface area (Å²) >= 11 is 4.71. The number of halogens is 1. The van der Waals surface area contributed by atoms with E-state index in [0.29, 0.717) is 24.0 Å². The van der Waals surface area contributed by atoms with Crippen molar-refractivity contribution in [2.24, 2.45) is 0 Å². The van der Waals surface area contributed by atoms with Gasteiger partial charge in [-0.25, -0.2) is 4.98 Å². The topological polar surface area (TPSA) is 68.5 Å². The van der Waals surface area contributed by atoms with Crippen LogP contribution in [0.2, 0.25) is 0 Å². The quantitative estimate of drug-likeness (QED) is 0.849. The van der Waals surface area contributed by atoms with E-state index in [9.17, 15) is 4.79 Å². The molecule has 1 amide bonds. The van der Waals surface area contributed by atoms with Gasteiger partial charge in [-0.15, -0.1) is 11.3 Å². The minimum atomic E-state index is -0.000272. The van der Waals surface area contributed by atoms with Gasteiger partial charge in [-0.1, -0.05) is 15.9 Å². The molecule has 0 bridgehead atoms. The molecule has 7 heteroatoms. The van der Waals surface area contributed by atoms with Crippen molar-refractivity contribution in [3.05, 3.63) is 39.8 Å². The summed E-state index contributed by atoms with van der Waals surface area (Å²) in [5.41, 5.74) is 6.26. The van der Waals surface area contributed by atoms with Crippen LogP contribution in [0.5, 0.6) is 5.75 Å². The summed E-state index contributed by atoms with van der Waals surface area (Å²) in [4.78, 5) is 17.7. The first-order chi connectivity index (χ1) is 10.0. The molecule has 0 atom stereocenters. The lowest BCUT2D eigenvalue weighted by Gasteiger charge is -2.17. The molecule has 0 aliphatic rings. The molecule has 1 aromatic carbocycles. The third-order valence-corrected chi connectivity index (χ3v) is 4.09. The number of hydrogen-bond acceptors (Lipinski definition) is 5. The Morgan fingerprint density at radius 3 is 2.76 bits per heavy atom. The molecule has 0 aliphatic carbocycles. The van der Waals surface area contributed by atoms with E-state index in [1.54, 1.807) is 17.3 Å². The molecule has 5 nitrogen and oxygen atoms in total.